The van der Waals surface area contributed by atoms with Crippen molar-refractivity contribution in [1.82, 2.24) is 4.98 Å². The number of carbonyl (C=O) groups is 1. The van der Waals surface area contributed by atoms with E-state index in [4.69, 9.17) is 32.7 Å². The number of hydrogen-bond acceptors (Lipinski definition) is 4. The molecule has 0 atom stereocenters. The van der Waals surface area contributed by atoms with Crippen molar-refractivity contribution in [1.29, 1.82) is 0 Å². The van der Waals surface area contributed by atoms with Crippen molar-refractivity contribution in [3.8, 4) is 0 Å². The normalized spacial score (nSPS) is 10.3. The summed E-state index contributed by atoms with van der Waals surface area (Å²) >= 11 is 11.4. The first-order valence-electron chi connectivity index (χ1n) is 5.21. The zero-order valence-electron chi connectivity index (χ0n) is 9.41. The number of rotatable bonds is 6. The van der Waals surface area contributed by atoms with Crippen molar-refractivity contribution in [2.45, 2.75) is 13.3 Å². The van der Waals surface area contributed by atoms with Crippen molar-refractivity contribution in [3.63, 3.8) is 0 Å². The van der Waals surface area contributed by atoms with Gasteiger partial charge in [0.25, 0.3) is 0 Å². The predicted molar refractivity (Wildman–Crippen MR) is 65.6 cm³/mol. The molecule has 6 heteroatoms. The SMILES string of the molecule is CCCOCCOC(=O)c1cnc(Cl)c(Cl)c1. The average molecular weight is 278 g/mol. The Hall–Kier alpha value is -0.840. The molecule has 0 aliphatic rings. The largest absolute Gasteiger partial charge is 0.460 e. The first-order valence-corrected chi connectivity index (χ1v) is 5.96. The Morgan fingerprint density at radius 2 is 2.12 bits per heavy atom. The Balaban J connectivity index is 2.39. The van der Waals surface area contributed by atoms with Crippen LogP contribution in [0.5, 0.6) is 0 Å². The molecule has 0 aliphatic carbocycles. The zero-order chi connectivity index (χ0) is 12.7. The number of carbonyl (C=O) groups excluding carboxylic acids is 1. The van der Waals surface area contributed by atoms with Crippen LogP contribution in [-0.2, 0) is 9.47 Å². The zero-order valence-corrected chi connectivity index (χ0v) is 10.9. The molecular weight excluding hydrogens is 265 g/mol. The third-order valence-electron chi connectivity index (χ3n) is 1.84. The van der Waals surface area contributed by atoms with Crippen LogP contribution >= 0.6 is 23.2 Å². The number of nitrogens with zero attached hydrogens (tertiary/aromatic N) is 1. The number of halogens is 2. The highest BCUT2D eigenvalue weighted by Gasteiger charge is 2.10. The molecule has 0 N–H and O–H groups in total. The molecule has 1 aromatic rings. The molecule has 0 fully saturated rings. The fraction of sp³-hybridized carbons (Fsp3) is 0.455. The topological polar surface area (TPSA) is 48.4 Å². The van der Waals surface area contributed by atoms with E-state index in [1.165, 1.54) is 12.3 Å². The summed E-state index contributed by atoms with van der Waals surface area (Å²) in [6.07, 6.45) is 2.26. The summed E-state index contributed by atoms with van der Waals surface area (Å²) in [6.45, 7) is 3.26. The summed E-state index contributed by atoms with van der Waals surface area (Å²) in [6, 6.07) is 1.42. The Morgan fingerprint density at radius 1 is 1.35 bits per heavy atom. The van der Waals surface area contributed by atoms with Gasteiger partial charge in [0.05, 0.1) is 17.2 Å². The number of esters is 1. The lowest BCUT2D eigenvalue weighted by atomic mass is 10.3. The third-order valence-corrected chi connectivity index (χ3v) is 2.53. The van der Waals surface area contributed by atoms with Gasteiger partial charge in [0.2, 0.25) is 0 Å². The maximum atomic E-state index is 11.5. The molecule has 0 bridgehead atoms. The van der Waals surface area contributed by atoms with E-state index in [2.05, 4.69) is 4.98 Å². The molecule has 0 unspecified atom stereocenters. The molecule has 1 aromatic heterocycles. The second-order valence-electron chi connectivity index (χ2n) is 3.24. The molecule has 1 heterocycles. The standard InChI is InChI=1S/C11H13Cl2NO3/c1-2-3-16-4-5-17-11(15)8-6-9(12)10(13)14-7-8/h6-7H,2-5H2,1H3. The summed E-state index contributed by atoms with van der Waals surface area (Å²) in [4.78, 5) is 15.3. The number of pyridine rings is 1. The van der Waals surface area contributed by atoms with Gasteiger partial charge in [0, 0.05) is 12.8 Å². The van der Waals surface area contributed by atoms with Crippen LogP contribution in [0.1, 0.15) is 23.7 Å². The van der Waals surface area contributed by atoms with E-state index in [0.717, 1.165) is 6.42 Å². The first kappa shape index (κ1) is 14.2. The molecule has 0 radical (unpaired) electrons. The molecule has 0 spiro atoms. The van der Waals surface area contributed by atoms with Gasteiger partial charge in [-0.05, 0) is 12.5 Å². The lowest BCUT2D eigenvalue weighted by Gasteiger charge is -2.05. The van der Waals surface area contributed by atoms with Crippen molar-refractivity contribution in [2.75, 3.05) is 19.8 Å². The van der Waals surface area contributed by atoms with Crippen LogP contribution in [-0.4, -0.2) is 30.8 Å². The van der Waals surface area contributed by atoms with E-state index >= 15 is 0 Å². The van der Waals surface area contributed by atoms with Gasteiger partial charge >= 0.3 is 5.97 Å². The summed E-state index contributed by atoms with van der Waals surface area (Å²) in [5, 5.41) is 0.387. The van der Waals surface area contributed by atoms with Gasteiger partial charge in [0.15, 0.2) is 0 Å². The Bertz CT molecular complexity index is 385. The fourth-order valence-corrected chi connectivity index (χ4v) is 1.33. The monoisotopic (exact) mass is 277 g/mol. The van der Waals surface area contributed by atoms with Gasteiger partial charge in [-0.1, -0.05) is 30.1 Å². The van der Waals surface area contributed by atoms with Crippen molar-refractivity contribution in [3.05, 3.63) is 28.0 Å². The third kappa shape index (κ3) is 4.89. The van der Waals surface area contributed by atoms with Gasteiger partial charge in [-0.2, -0.15) is 0 Å². The van der Waals surface area contributed by atoms with Crippen molar-refractivity contribution < 1.29 is 14.3 Å². The van der Waals surface area contributed by atoms with Crippen LogP contribution in [0.2, 0.25) is 10.2 Å². The molecule has 0 aliphatic heterocycles. The van der Waals surface area contributed by atoms with E-state index in [9.17, 15) is 4.79 Å². The van der Waals surface area contributed by atoms with Crippen LogP contribution in [0, 0.1) is 0 Å². The van der Waals surface area contributed by atoms with Crippen molar-refractivity contribution >= 4 is 29.2 Å². The minimum atomic E-state index is -0.490. The Morgan fingerprint density at radius 3 is 2.76 bits per heavy atom. The highest BCUT2D eigenvalue weighted by molar-refractivity contribution is 6.41. The summed E-state index contributed by atoms with van der Waals surface area (Å²) in [5.41, 5.74) is 0.273. The molecule has 1 rings (SSSR count). The summed E-state index contributed by atoms with van der Waals surface area (Å²) in [7, 11) is 0. The Kier molecular flexibility index (Phi) is 6.26. The minimum Gasteiger partial charge on any atom is -0.460 e. The maximum absolute atomic E-state index is 11.5. The van der Waals surface area contributed by atoms with Crippen LogP contribution in [0.4, 0.5) is 0 Å². The van der Waals surface area contributed by atoms with Crippen LogP contribution < -0.4 is 0 Å². The number of hydrogen-bond donors (Lipinski definition) is 0. The fourth-order valence-electron chi connectivity index (χ4n) is 1.06. The summed E-state index contributed by atoms with van der Waals surface area (Å²) in [5.74, 6) is -0.490. The molecular formula is C11H13Cl2NO3. The van der Waals surface area contributed by atoms with Crippen LogP contribution in [0.25, 0.3) is 0 Å². The van der Waals surface area contributed by atoms with Gasteiger partial charge in [0.1, 0.15) is 11.8 Å². The number of aromatic nitrogens is 1. The first-order chi connectivity index (χ1) is 8.15. The lowest BCUT2D eigenvalue weighted by molar-refractivity contribution is 0.0318. The van der Waals surface area contributed by atoms with Crippen LogP contribution in [0.3, 0.4) is 0 Å². The van der Waals surface area contributed by atoms with Crippen LogP contribution in [0.15, 0.2) is 12.3 Å². The molecule has 0 aromatic carbocycles. The predicted octanol–water partition coefficient (Wildman–Crippen LogP) is 2.97. The number of ether oxygens (including phenoxy) is 2. The second-order valence-corrected chi connectivity index (χ2v) is 4.01. The lowest BCUT2D eigenvalue weighted by Crippen LogP contribution is -2.11. The van der Waals surface area contributed by atoms with E-state index in [-0.39, 0.29) is 22.3 Å². The van der Waals surface area contributed by atoms with Gasteiger partial charge < -0.3 is 9.47 Å². The molecule has 4 nitrogen and oxygen atoms in total. The van der Waals surface area contributed by atoms with E-state index in [1.54, 1.807) is 0 Å². The van der Waals surface area contributed by atoms with Gasteiger partial charge in [-0.15, -0.1) is 0 Å². The molecule has 0 saturated carbocycles. The van der Waals surface area contributed by atoms with Gasteiger partial charge in [-0.3, -0.25) is 0 Å². The summed E-state index contributed by atoms with van der Waals surface area (Å²) < 4.78 is 10.1. The van der Waals surface area contributed by atoms with E-state index in [0.29, 0.717) is 13.2 Å². The molecule has 17 heavy (non-hydrogen) atoms. The smallest absolute Gasteiger partial charge is 0.339 e. The minimum absolute atomic E-state index is 0.162. The second kappa shape index (κ2) is 7.48. The van der Waals surface area contributed by atoms with E-state index in [1.807, 2.05) is 6.92 Å². The van der Waals surface area contributed by atoms with E-state index < -0.39 is 5.97 Å². The molecule has 0 amide bonds. The average Bonchev–Trinajstić information content (AvgIpc) is 2.32. The van der Waals surface area contributed by atoms with Crippen molar-refractivity contribution in [2.24, 2.45) is 0 Å². The van der Waals surface area contributed by atoms with Gasteiger partial charge in [-0.25, -0.2) is 9.78 Å². The Labute approximate surface area is 110 Å². The highest BCUT2D eigenvalue weighted by Crippen LogP contribution is 2.19. The molecule has 0 saturated heterocycles. The molecule has 94 valence electrons. The maximum Gasteiger partial charge on any atom is 0.339 e. The quantitative estimate of drug-likeness (QED) is 0.456. The highest BCUT2D eigenvalue weighted by atomic mass is 35.5.